The minimum absolute atomic E-state index is 0.0302. The lowest BCUT2D eigenvalue weighted by Gasteiger charge is -2.72. The largest absolute Gasteiger partial charge is 0.502 e. The Balaban J connectivity index is 1.06. The Morgan fingerprint density at radius 1 is 0.769 bits per heavy atom. The number of carbonyl (C=O) groups excluding carboxylic acids is 1. The van der Waals surface area contributed by atoms with Gasteiger partial charge in [-0.15, -0.1) is 0 Å². The van der Waals surface area contributed by atoms with E-state index in [1.165, 1.54) is 5.57 Å². The molecule has 65 heavy (non-hydrogen) atoms. The molecule has 8 rings (SSSR count). The van der Waals surface area contributed by atoms with Crippen LogP contribution in [0.15, 0.2) is 23.2 Å². The average Bonchev–Trinajstić information content (AvgIpc) is 3.24. The predicted molar refractivity (Wildman–Crippen MR) is 228 cm³/mol. The molecule has 2 unspecified atom stereocenters. The molecule has 3 heterocycles. The average molecular weight is 923 g/mol. The monoisotopic (exact) mass is 922 g/mol. The highest BCUT2D eigenvalue weighted by molar-refractivity contribution is 5.94. The van der Waals surface area contributed by atoms with Gasteiger partial charge in [-0.2, -0.15) is 0 Å². The van der Waals surface area contributed by atoms with Crippen LogP contribution >= 0.6 is 0 Å². The second kappa shape index (κ2) is 17.0. The second-order valence-corrected chi connectivity index (χ2v) is 23.0. The van der Waals surface area contributed by atoms with Crippen LogP contribution < -0.4 is 0 Å². The molecule has 0 amide bonds. The van der Waals surface area contributed by atoms with Crippen LogP contribution in [0.4, 0.5) is 0 Å². The van der Waals surface area contributed by atoms with Gasteiger partial charge in [0.25, 0.3) is 0 Å². The highest BCUT2D eigenvalue weighted by Gasteiger charge is 2.70. The van der Waals surface area contributed by atoms with Crippen molar-refractivity contribution < 1.29 is 84.0 Å². The fourth-order valence-corrected chi connectivity index (χ4v) is 14.9. The number of rotatable bonds is 9. The molecule has 4 saturated carbocycles. The molecule has 0 aromatic rings. The van der Waals surface area contributed by atoms with E-state index in [1.807, 2.05) is 6.92 Å². The van der Waals surface area contributed by atoms with E-state index in [0.717, 1.165) is 44.9 Å². The van der Waals surface area contributed by atoms with E-state index in [1.54, 1.807) is 6.92 Å². The quantitative estimate of drug-likeness (QED) is 0.119. The molecule has 5 aliphatic carbocycles. The third kappa shape index (κ3) is 7.65. The van der Waals surface area contributed by atoms with Gasteiger partial charge < -0.3 is 74.4 Å². The summed E-state index contributed by atoms with van der Waals surface area (Å²) in [6, 6.07) is 0. The number of fused-ring (bicyclic) bond motifs is 7. The van der Waals surface area contributed by atoms with Gasteiger partial charge >= 0.3 is 5.97 Å². The number of aliphatic hydroxyl groups is 8. The predicted octanol–water partition coefficient (Wildman–Crippen LogP) is 2.98. The summed E-state index contributed by atoms with van der Waals surface area (Å²) >= 11 is 0. The maximum Gasteiger partial charge on any atom is 0.335 e. The van der Waals surface area contributed by atoms with Gasteiger partial charge in [0.1, 0.15) is 48.5 Å². The first-order chi connectivity index (χ1) is 30.3. The van der Waals surface area contributed by atoms with E-state index in [9.17, 15) is 55.5 Å². The Hall–Kier alpha value is -2.26. The lowest BCUT2D eigenvalue weighted by molar-refractivity contribution is -0.375. The fourth-order valence-electron chi connectivity index (χ4n) is 14.9. The van der Waals surface area contributed by atoms with Crippen molar-refractivity contribution >= 4 is 11.8 Å². The molecule has 368 valence electrons. The van der Waals surface area contributed by atoms with Crippen molar-refractivity contribution in [1.82, 2.24) is 0 Å². The summed E-state index contributed by atoms with van der Waals surface area (Å²) < 4.78 is 36.7. The first-order valence-corrected chi connectivity index (χ1v) is 23.7. The summed E-state index contributed by atoms with van der Waals surface area (Å²) in [6.07, 6.45) is -9.54. The summed E-state index contributed by atoms with van der Waals surface area (Å²) in [4.78, 5) is 24.9. The second-order valence-electron chi connectivity index (χ2n) is 23.0. The van der Waals surface area contributed by atoms with Gasteiger partial charge in [-0.25, -0.2) is 4.79 Å². The van der Waals surface area contributed by atoms with Crippen LogP contribution in [-0.4, -0.2) is 151 Å². The molecule has 6 fully saturated rings. The molecule has 0 aromatic carbocycles. The highest BCUT2D eigenvalue weighted by Crippen LogP contribution is 2.76. The van der Waals surface area contributed by atoms with E-state index in [4.69, 9.17) is 28.4 Å². The summed E-state index contributed by atoms with van der Waals surface area (Å²) in [5, 5.41) is 95.2. The number of allylic oxidation sites excluding steroid dienone is 4. The number of hydrogen-bond donors (Lipinski definition) is 9. The Bertz CT molecular complexity index is 1900. The lowest BCUT2D eigenvalue weighted by atomic mass is 9.33. The number of carbonyl (C=O) groups is 2. The zero-order valence-corrected chi connectivity index (χ0v) is 39.1. The minimum atomic E-state index is -1.99. The summed E-state index contributed by atoms with van der Waals surface area (Å²) in [5.74, 6) is -1.70. The molecule has 8 aliphatic rings. The molecule has 0 aromatic heterocycles. The van der Waals surface area contributed by atoms with Crippen molar-refractivity contribution in [2.75, 3.05) is 13.2 Å². The number of carboxylic acids is 1. The number of hydrogen-bond acceptors (Lipinski definition) is 16. The Morgan fingerprint density at radius 3 is 2.12 bits per heavy atom. The third-order valence-corrected chi connectivity index (χ3v) is 19.0. The van der Waals surface area contributed by atoms with Gasteiger partial charge in [-0.3, -0.25) is 4.79 Å². The van der Waals surface area contributed by atoms with Crippen LogP contribution in [0.25, 0.3) is 0 Å². The molecular weight excluding hydrogens is 849 g/mol. The number of carboxylic acid groups (broad SMARTS) is 1. The van der Waals surface area contributed by atoms with Gasteiger partial charge in [0.2, 0.25) is 12.1 Å². The normalized spacial score (nSPS) is 52.0. The van der Waals surface area contributed by atoms with E-state index in [2.05, 4.69) is 47.6 Å². The number of aliphatic carboxylic acids is 1. The molecule has 9 N–H and O–H groups in total. The SMILES string of the molecule is CC1=C(O)C(=O)CC(OC2CC(C)(C)C[C@H]3C4=CC[C@@H]5[C@@]6(C)CC[C@H](O[C@@H]7O[C@H](C(=O)O)[C@H](O)[C@H](O)[C@H]7O[C@@H]7O[C@H](CO)[C@H](O)[C@H](O)[C@H]7O)[C@](C)(CO)[C@@H]6CC[C@@]5(C)[C@]4(C)CC[C@@]23C)O1. The molecule has 17 heteroatoms. The Morgan fingerprint density at radius 2 is 1.48 bits per heavy atom. The van der Waals surface area contributed by atoms with Gasteiger partial charge in [0.15, 0.2) is 24.4 Å². The first kappa shape index (κ1) is 49.2. The number of aliphatic hydroxyl groups excluding tert-OH is 8. The highest BCUT2D eigenvalue weighted by atomic mass is 16.8. The van der Waals surface area contributed by atoms with Crippen LogP contribution in [0.5, 0.6) is 0 Å². The van der Waals surface area contributed by atoms with E-state index >= 15 is 0 Å². The van der Waals surface area contributed by atoms with Gasteiger partial charge in [0.05, 0.1) is 31.8 Å². The minimum Gasteiger partial charge on any atom is -0.502 e. The molecule has 2 saturated heterocycles. The maximum atomic E-state index is 12.6. The van der Waals surface area contributed by atoms with Crippen molar-refractivity contribution in [2.45, 2.75) is 200 Å². The molecule has 0 radical (unpaired) electrons. The molecular formula is C48H74O17. The molecule has 21 atom stereocenters. The molecule has 0 spiro atoms. The lowest BCUT2D eigenvalue weighted by Crippen LogP contribution is -2.68. The van der Waals surface area contributed by atoms with Crippen LogP contribution in [0.3, 0.4) is 0 Å². The zero-order valence-electron chi connectivity index (χ0n) is 39.1. The van der Waals surface area contributed by atoms with E-state index < -0.39 is 91.8 Å². The van der Waals surface area contributed by atoms with Crippen molar-refractivity contribution in [2.24, 2.45) is 50.2 Å². The maximum absolute atomic E-state index is 12.6. The van der Waals surface area contributed by atoms with Crippen LogP contribution in [0.2, 0.25) is 0 Å². The Labute approximate surface area is 381 Å². The van der Waals surface area contributed by atoms with Crippen molar-refractivity contribution in [3.05, 3.63) is 23.2 Å². The number of ether oxygens (including phenoxy) is 6. The van der Waals surface area contributed by atoms with E-state index in [0.29, 0.717) is 12.8 Å². The Kier molecular flexibility index (Phi) is 12.9. The van der Waals surface area contributed by atoms with Crippen LogP contribution in [-0.2, 0) is 38.0 Å². The van der Waals surface area contributed by atoms with Crippen LogP contribution in [0, 0.1) is 50.2 Å². The van der Waals surface area contributed by atoms with Crippen LogP contribution in [0.1, 0.15) is 120 Å². The molecule has 3 aliphatic heterocycles. The smallest absolute Gasteiger partial charge is 0.335 e. The fraction of sp³-hybridized carbons (Fsp3) is 0.875. The van der Waals surface area contributed by atoms with Crippen molar-refractivity contribution in [3.63, 3.8) is 0 Å². The summed E-state index contributed by atoms with van der Waals surface area (Å²) in [6.45, 7) is 16.7. The molecule has 17 nitrogen and oxygen atoms in total. The third-order valence-electron chi connectivity index (χ3n) is 19.0. The summed E-state index contributed by atoms with van der Waals surface area (Å²) in [5.41, 5.74) is -0.212. The summed E-state index contributed by atoms with van der Waals surface area (Å²) in [7, 11) is 0. The van der Waals surface area contributed by atoms with Gasteiger partial charge in [-0.1, -0.05) is 60.1 Å². The number of Topliss-reactive ketones (excluding diaryl/α,β-unsaturated/α-hetero) is 1. The zero-order chi connectivity index (χ0) is 47.6. The van der Waals surface area contributed by atoms with Crippen molar-refractivity contribution in [3.8, 4) is 0 Å². The van der Waals surface area contributed by atoms with E-state index in [-0.39, 0.29) is 81.3 Å². The van der Waals surface area contributed by atoms with Gasteiger partial charge in [0, 0.05) is 10.8 Å². The first-order valence-electron chi connectivity index (χ1n) is 23.7. The number of ketones is 1. The molecule has 0 bridgehead atoms. The van der Waals surface area contributed by atoms with Crippen molar-refractivity contribution in [1.29, 1.82) is 0 Å². The standard InChI is InChI=1S/C48H74O17/c1-22-32(52)25(51)17-31(60-22)62-30-19-43(2,3)18-24-23-9-10-28-45(5)13-12-29(46(6,21-50)27(45)11-14-48(28,8)47(23,7)16-15-44(24,30)4)63-42-39(36(56)35(55)38(64-42)40(58)59)65-41-37(57)34(54)33(53)26(20-49)61-41/h9,24,26-31,33-39,41-42,49-50,52-57H,10-21H2,1-8H3,(H,58,59)/t24-,26+,27+,28+,29-,30?,31?,33-,34-,35+,36-,37+,38-,39+,41-,42+,44+,45-,46+,47+,48+/m0/s1. The topological polar surface area (TPSA) is 272 Å². The van der Waals surface area contributed by atoms with Gasteiger partial charge in [-0.05, 0) is 104 Å².